The van der Waals surface area contributed by atoms with Crippen LogP contribution in [0.15, 0.2) is 0 Å². The number of urea groups is 1. The van der Waals surface area contributed by atoms with Crippen LogP contribution >= 0.6 is 0 Å². The molecule has 1 heterocycles. The highest BCUT2D eigenvalue weighted by atomic mass is 16.7. The molecule has 52 valence electrons. The Bertz CT molecular complexity index is 127. The van der Waals surface area contributed by atoms with E-state index in [9.17, 15) is 4.79 Å². The van der Waals surface area contributed by atoms with Gasteiger partial charge in [0.1, 0.15) is 0 Å². The van der Waals surface area contributed by atoms with Crippen LogP contribution in [0.1, 0.15) is 0 Å². The molecule has 0 unspecified atom stereocenters. The number of hydroxylamine groups is 2. The molecule has 0 aromatic rings. The van der Waals surface area contributed by atoms with Gasteiger partial charge in [0.2, 0.25) is 0 Å². The van der Waals surface area contributed by atoms with Gasteiger partial charge in [-0.3, -0.25) is 9.85 Å². The van der Waals surface area contributed by atoms with Crippen molar-refractivity contribution >= 4 is 6.03 Å². The van der Waals surface area contributed by atoms with Crippen LogP contribution in [0.5, 0.6) is 0 Å². The minimum Gasteiger partial charge on any atom is -0.273 e. The van der Waals surface area contributed by atoms with Crippen molar-refractivity contribution in [3.05, 3.63) is 0 Å². The predicted octanol–water partition coefficient (Wildman–Crippen LogP) is -0.841. The van der Waals surface area contributed by atoms with Gasteiger partial charge in [-0.1, -0.05) is 0 Å². The topological polar surface area (TPSA) is 58.8 Å². The van der Waals surface area contributed by atoms with E-state index in [2.05, 4.69) is 4.84 Å². The molecular formula is C4H9N3O2. The van der Waals surface area contributed by atoms with Gasteiger partial charge in [0.25, 0.3) is 0 Å². The van der Waals surface area contributed by atoms with Gasteiger partial charge in [-0.15, -0.1) is 0 Å². The zero-order valence-electron chi connectivity index (χ0n) is 5.20. The number of carbonyl (C=O) groups excluding carboxylic acids is 1. The van der Waals surface area contributed by atoms with Crippen molar-refractivity contribution in [2.75, 3.05) is 20.2 Å². The number of nitrogens with zero attached hydrogens (tertiary/aromatic N) is 2. The van der Waals surface area contributed by atoms with Crippen molar-refractivity contribution in [1.29, 1.82) is 0 Å². The first-order valence-electron chi connectivity index (χ1n) is 2.63. The number of hydrogen-bond acceptors (Lipinski definition) is 3. The molecule has 0 aromatic carbocycles. The van der Waals surface area contributed by atoms with E-state index in [-0.39, 0.29) is 6.03 Å². The van der Waals surface area contributed by atoms with Crippen LogP contribution in [-0.4, -0.2) is 36.3 Å². The molecule has 9 heavy (non-hydrogen) atoms. The Morgan fingerprint density at radius 3 is 2.56 bits per heavy atom. The standard InChI is InChI=1S/C4H9N3O2/c1-9-7-3-2-6(5)4(7)8/h2-3,5H2,1H3. The second kappa shape index (κ2) is 2.20. The van der Waals surface area contributed by atoms with Crippen LogP contribution in [-0.2, 0) is 4.84 Å². The molecule has 0 atom stereocenters. The maximum atomic E-state index is 10.7. The highest BCUT2D eigenvalue weighted by molar-refractivity contribution is 5.74. The first-order chi connectivity index (χ1) is 4.25. The Kier molecular flexibility index (Phi) is 1.54. The maximum Gasteiger partial charge on any atom is 0.358 e. The van der Waals surface area contributed by atoms with Gasteiger partial charge >= 0.3 is 6.03 Å². The summed E-state index contributed by atoms with van der Waals surface area (Å²) in [6, 6.07) is -0.280. The molecule has 0 aromatic heterocycles. The van der Waals surface area contributed by atoms with Crippen molar-refractivity contribution in [1.82, 2.24) is 10.1 Å². The van der Waals surface area contributed by atoms with Crippen molar-refractivity contribution in [2.45, 2.75) is 0 Å². The van der Waals surface area contributed by atoms with E-state index in [1.165, 1.54) is 12.2 Å². The van der Waals surface area contributed by atoms with Crippen LogP contribution in [0.25, 0.3) is 0 Å². The van der Waals surface area contributed by atoms with Gasteiger partial charge in [-0.25, -0.2) is 15.7 Å². The molecule has 1 saturated heterocycles. The van der Waals surface area contributed by atoms with E-state index in [4.69, 9.17) is 5.84 Å². The van der Waals surface area contributed by atoms with E-state index in [0.29, 0.717) is 13.1 Å². The van der Waals surface area contributed by atoms with Crippen molar-refractivity contribution < 1.29 is 9.63 Å². The second-order valence-corrected chi connectivity index (χ2v) is 1.76. The lowest BCUT2D eigenvalue weighted by molar-refractivity contribution is -0.0723. The SMILES string of the molecule is CON1CCN(N)C1=O. The summed E-state index contributed by atoms with van der Waals surface area (Å²) in [6.07, 6.45) is 0. The first-order valence-corrected chi connectivity index (χ1v) is 2.63. The van der Waals surface area contributed by atoms with Gasteiger partial charge in [0, 0.05) is 0 Å². The first kappa shape index (κ1) is 6.31. The molecule has 2 N–H and O–H groups in total. The molecule has 0 radical (unpaired) electrons. The average Bonchev–Trinajstić information content (AvgIpc) is 2.15. The third kappa shape index (κ3) is 0.962. The smallest absolute Gasteiger partial charge is 0.273 e. The molecular weight excluding hydrogens is 122 g/mol. The summed E-state index contributed by atoms with van der Waals surface area (Å²) in [7, 11) is 1.44. The molecule has 1 rings (SSSR count). The molecule has 2 amide bonds. The highest BCUT2D eigenvalue weighted by Gasteiger charge is 2.25. The molecule has 0 spiro atoms. The third-order valence-electron chi connectivity index (χ3n) is 1.22. The highest BCUT2D eigenvalue weighted by Crippen LogP contribution is 2.01. The van der Waals surface area contributed by atoms with E-state index in [1.807, 2.05) is 0 Å². The van der Waals surface area contributed by atoms with E-state index >= 15 is 0 Å². The average molecular weight is 131 g/mol. The summed E-state index contributed by atoms with van der Waals surface area (Å²) >= 11 is 0. The fourth-order valence-electron chi connectivity index (χ4n) is 0.702. The lowest BCUT2D eigenvalue weighted by Crippen LogP contribution is -2.35. The van der Waals surface area contributed by atoms with Crippen LogP contribution in [0.3, 0.4) is 0 Å². The molecule has 0 bridgehead atoms. The van der Waals surface area contributed by atoms with E-state index < -0.39 is 0 Å². The summed E-state index contributed by atoms with van der Waals surface area (Å²) in [5.74, 6) is 5.21. The Labute approximate surface area is 52.9 Å². The maximum absolute atomic E-state index is 10.7. The minimum absolute atomic E-state index is 0.280. The second-order valence-electron chi connectivity index (χ2n) is 1.76. The Morgan fingerprint density at radius 2 is 2.33 bits per heavy atom. The Balaban J connectivity index is 2.51. The largest absolute Gasteiger partial charge is 0.358 e. The molecule has 5 heteroatoms. The molecule has 1 aliphatic heterocycles. The number of nitrogens with two attached hydrogens (primary N) is 1. The van der Waals surface area contributed by atoms with E-state index in [1.54, 1.807) is 0 Å². The quantitative estimate of drug-likeness (QED) is 0.373. The fraction of sp³-hybridized carbons (Fsp3) is 0.750. The molecule has 1 aliphatic rings. The molecule has 0 aliphatic carbocycles. The van der Waals surface area contributed by atoms with Crippen LogP contribution in [0.4, 0.5) is 4.79 Å². The third-order valence-corrected chi connectivity index (χ3v) is 1.22. The number of amides is 2. The van der Waals surface area contributed by atoms with E-state index in [0.717, 1.165) is 5.01 Å². The Hall–Kier alpha value is -0.810. The summed E-state index contributed by atoms with van der Waals surface area (Å²) in [4.78, 5) is 15.4. The van der Waals surface area contributed by atoms with Gasteiger partial charge < -0.3 is 0 Å². The van der Waals surface area contributed by atoms with Crippen LogP contribution < -0.4 is 5.84 Å². The van der Waals surface area contributed by atoms with Gasteiger partial charge in [-0.05, 0) is 0 Å². The molecule has 5 nitrogen and oxygen atoms in total. The van der Waals surface area contributed by atoms with Gasteiger partial charge in [0.05, 0.1) is 20.2 Å². The minimum atomic E-state index is -0.280. The fourth-order valence-corrected chi connectivity index (χ4v) is 0.702. The summed E-state index contributed by atoms with van der Waals surface area (Å²) in [5.41, 5.74) is 0. The lowest BCUT2D eigenvalue weighted by atomic mass is 10.7. The van der Waals surface area contributed by atoms with Crippen molar-refractivity contribution in [3.63, 3.8) is 0 Å². The van der Waals surface area contributed by atoms with Crippen molar-refractivity contribution in [2.24, 2.45) is 5.84 Å². The number of carbonyl (C=O) groups is 1. The predicted molar refractivity (Wildman–Crippen MR) is 30.0 cm³/mol. The summed E-state index contributed by atoms with van der Waals surface area (Å²) < 4.78 is 0. The van der Waals surface area contributed by atoms with Crippen LogP contribution in [0.2, 0.25) is 0 Å². The molecule has 0 saturated carbocycles. The zero-order valence-corrected chi connectivity index (χ0v) is 5.20. The number of rotatable bonds is 1. The summed E-state index contributed by atoms with van der Waals surface area (Å²) in [6.45, 7) is 1.08. The van der Waals surface area contributed by atoms with Gasteiger partial charge in [0.15, 0.2) is 0 Å². The van der Waals surface area contributed by atoms with Crippen molar-refractivity contribution in [3.8, 4) is 0 Å². The zero-order chi connectivity index (χ0) is 6.85. The summed E-state index contributed by atoms with van der Waals surface area (Å²) in [5, 5.41) is 2.32. The molecule has 1 fully saturated rings. The number of hydrazine groups is 1. The number of hydrogen-bond donors (Lipinski definition) is 1. The van der Waals surface area contributed by atoms with Gasteiger partial charge in [-0.2, -0.15) is 0 Å². The normalized spacial score (nSPS) is 19.6. The lowest BCUT2D eigenvalue weighted by Gasteiger charge is -2.10. The van der Waals surface area contributed by atoms with Crippen LogP contribution in [0, 0.1) is 0 Å². The Morgan fingerprint density at radius 1 is 1.67 bits per heavy atom. The monoisotopic (exact) mass is 131 g/mol.